The zero-order chi connectivity index (χ0) is 39.7. The van der Waals surface area contributed by atoms with Crippen LogP contribution in [0.25, 0.3) is 55.3 Å². The van der Waals surface area contributed by atoms with E-state index >= 15 is 0 Å². The van der Waals surface area contributed by atoms with Gasteiger partial charge in [0.25, 0.3) is 0 Å². The van der Waals surface area contributed by atoms with Gasteiger partial charge in [0.1, 0.15) is 11.2 Å². The van der Waals surface area contributed by atoms with E-state index in [4.69, 9.17) is 4.42 Å². The minimum absolute atomic E-state index is 0.0153. The molecule has 3 aliphatic carbocycles. The molecule has 3 aliphatic rings. The SMILES string of the molecule is CC1(C)CCC(C)(C)c2c(-c3cc4c(cc3N(c3ccccc3)c3cccc5oc6ccccc6c35)C3(c5ccccc5-c5ccccc53)c3ccccc3-4)cccc21. The van der Waals surface area contributed by atoms with Crippen LogP contribution in [0.15, 0.2) is 180 Å². The van der Waals surface area contributed by atoms with Crippen LogP contribution in [-0.2, 0) is 16.2 Å². The van der Waals surface area contributed by atoms with E-state index in [1.54, 1.807) is 0 Å². The van der Waals surface area contributed by atoms with Crippen LogP contribution in [0.4, 0.5) is 17.1 Å². The lowest BCUT2D eigenvalue weighted by Crippen LogP contribution is -2.34. The van der Waals surface area contributed by atoms with Crippen LogP contribution < -0.4 is 4.90 Å². The Morgan fingerprint density at radius 3 is 1.66 bits per heavy atom. The summed E-state index contributed by atoms with van der Waals surface area (Å²) in [6, 6.07) is 65.7. The second kappa shape index (κ2) is 12.2. The number of rotatable bonds is 4. The van der Waals surface area contributed by atoms with E-state index in [0.29, 0.717) is 0 Å². The molecule has 284 valence electrons. The van der Waals surface area contributed by atoms with E-state index in [-0.39, 0.29) is 10.8 Å². The van der Waals surface area contributed by atoms with Crippen LogP contribution >= 0.6 is 0 Å². The van der Waals surface area contributed by atoms with Gasteiger partial charge in [0, 0.05) is 16.6 Å². The maximum absolute atomic E-state index is 6.60. The smallest absolute Gasteiger partial charge is 0.137 e. The summed E-state index contributed by atoms with van der Waals surface area (Å²) in [5, 5.41) is 2.23. The lowest BCUT2D eigenvalue weighted by Gasteiger charge is -2.43. The topological polar surface area (TPSA) is 16.4 Å². The summed E-state index contributed by atoms with van der Waals surface area (Å²) in [5.74, 6) is 0. The molecule has 9 aromatic rings. The minimum Gasteiger partial charge on any atom is -0.456 e. The number of furan rings is 1. The van der Waals surface area contributed by atoms with Crippen LogP contribution in [0.5, 0.6) is 0 Å². The van der Waals surface area contributed by atoms with E-state index in [1.807, 2.05) is 0 Å². The normalized spacial score (nSPS) is 16.1. The van der Waals surface area contributed by atoms with Crippen LogP contribution in [0, 0.1) is 0 Å². The molecule has 0 aliphatic heterocycles. The molecule has 0 unspecified atom stereocenters. The van der Waals surface area contributed by atoms with Crippen molar-refractivity contribution in [1.29, 1.82) is 0 Å². The number of hydrogen-bond donors (Lipinski definition) is 0. The summed E-state index contributed by atoms with van der Waals surface area (Å²) in [5.41, 5.74) is 20.8. The summed E-state index contributed by atoms with van der Waals surface area (Å²) in [6.07, 6.45) is 2.29. The van der Waals surface area contributed by atoms with Gasteiger partial charge in [-0.2, -0.15) is 0 Å². The summed E-state index contributed by atoms with van der Waals surface area (Å²) in [6.45, 7) is 9.79. The summed E-state index contributed by atoms with van der Waals surface area (Å²) in [7, 11) is 0. The summed E-state index contributed by atoms with van der Waals surface area (Å²) < 4.78 is 6.60. The van der Waals surface area contributed by atoms with E-state index in [0.717, 1.165) is 51.8 Å². The van der Waals surface area contributed by atoms with Gasteiger partial charge in [-0.25, -0.2) is 0 Å². The lowest BCUT2D eigenvalue weighted by molar-refractivity contribution is 0.333. The molecule has 2 heteroatoms. The van der Waals surface area contributed by atoms with Gasteiger partial charge in [-0.05, 0) is 127 Å². The van der Waals surface area contributed by atoms with Crippen molar-refractivity contribution in [2.45, 2.75) is 56.8 Å². The monoisotopic (exact) mass is 759 g/mol. The molecule has 0 radical (unpaired) electrons. The van der Waals surface area contributed by atoms with Crippen molar-refractivity contribution >= 4 is 39.0 Å². The predicted molar refractivity (Wildman–Crippen MR) is 245 cm³/mol. The zero-order valence-electron chi connectivity index (χ0n) is 34.0. The Hall–Kier alpha value is -6.64. The fraction of sp³-hybridized carbons (Fsp3) is 0.158. The van der Waals surface area contributed by atoms with Crippen molar-refractivity contribution in [3.8, 4) is 33.4 Å². The molecular weight excluding hydrogens is 715 g/mol. The second-order valence-electron chi connectivity index (χ2n) is 18.2. The van der Waals surface area contributed by atoms with Crippen molar-refractivity contribution < 1.29 is 4.42 Å². The predicted octanol–water partition coefficient (Wildman–Crippen LogP) is 15.4. The quantitative estimate of drug-likeness (QED) is 0.178. The fourth-order valence-corrected chi connectivity index (χ4v) is 11.4. The van der Waals surface area contributed by atoms with E-state index in [9.17, 15) is 0 Å². The van der Waals surface area contributed by atoms with Gasteiger partial charge in [0.05, 0.1) is 22.2 Å². The van der Waals surface area contributed by atoms with Crippen LogP contribution in [0.2, 0.25) is 0 Å². The molecule has 0 atom stereocenters. The Balaban J connectivity index is 1.27. The van der Waals surface area contributed by atoms with Gasteiger partial charge >= 0.3 is 0 Å². The van der Waals surface area contributed by atoms with Crippen molar-refractivity contribution in [1.82, 2.24) is 0 Å². The molecule has 0 fully saturated rings. The van der Waals surface area contributed by atoms with Crippen molar-refractivity contribution in [2.75, 3.05) is 4.90 Å². The molecular formula is C57H45NO. The minimum atomic E-state index is -0.486. The molecule has 1 aromatic heterocycles. The number of nitrogens with zero attached hydrogens (tertiary/aromatic N) is 1. The number of fused-ring (bicyclic) bond motifs is 14. The first kappa shape index (κ1) is 34.4. The zero-order valence-corrected chi connectivity index (χ0v) is 34.0. The molecule has 1 heterocycles. The van der Waals surface area contributed by atoms with Gasteiger partial charge in [-0.3, -0.25) is 0 Å². The Morgan fingerprint density at radius 2 is 0.949 bits per heavy atom. The first-order valence-corrected chi connectivity index (χ1v) is 21.1. The maximum Gasteiger partial charge on any atom is 0.137 e. The highest BCUT2D eigenvalue weighted by atomic mass is 16.3. The van der Waals surface area contributed by atoms with Gasteiger partial charge in [-0.15, -0.1) is 0 Å². The molecule has 0 N–H and O–H groups in total. The van der Waals surface area contributed by atoms with Gasteiger partial charge in [0.15, 0.2) is 0 Å². The van der Waals surface area contributed by atoms with Crippen LogP contribution in [-0.4, -0.2) is 0 Å². The average Bonchev–Trinajstić information content (AvgIpc) is 3.90. The molecule has 2 nitrogen and oxygen atoms in total. The molecule has 0 amide bonds. The molecule has 0 saturated carbocycles. The highest BCUT2D eigenvalue weighted by molar-refractivity contribution is 6.14. The van der Waals surface area contributed by atoms with E-state index < -0.39 is 5.41 Å². The van der Waals surface area contributed by atoms with Gasteiger partial charge < -0.3 is 9.32 Å². The molecule has 0 saturated heterocycles. The maximum atomic E-state index is 6.60. The highest BCUT2D eigenvalue weighted by Crippen LogP contribution is 2.65. The van der Waals surface area contributed by atoms with Crippen molar-refractivity contribution in [2.24, 2.45) is 0 Å². The molecule has 59 heavy (non-hydrogen) atoms. The summed E-state index contributed by atoms with van der Waals surface area (Å²) >= 11 is 0. The van der Waals surface area contributed by atoms with Gasteiger partial charge in [0.2, 0.25) is 0 Å². The fourth-order valence-electron chi connectivity index (χ4n) is 11.4. The molecule has 12 rings (SSSR count). The third-order valence-electron chi connectivity index (χ3n) is 14.1. The van der Waals surface area contributed by atoms with Crippen molar-refractivity contribution in [3.63, 3.8) is 0 Å². The largest absolute Gasteiger partial charge is 0.456 e. The highest BCUT2D eigenvalue weighted by Gasteiger charge is 2.52. The second-order valence-corrected chi connectivity index (χ2v) is 18.2. The third kappa shape index (κ3) is 4.63. The Labute approximate surface area is 346 Å². The Kier molecular flexibility index (Phi) is 7.11. The van der Waals surface area contributed by atoms with Crippen LogP contribution in [0.3, 0.4) is 0 Å². The average molecular weight is 760 g/mol. The van der Waals surface area contributed by atoms with Crippen LogP contribution in [0.1, 0.15) is 73.9 Å². The Morgan fingerprint density at radius 1 is 0.407 bits per heavy atom. The molecule has 0 bridgehead atoms. The molecule has 1 spiro atoms. The van der Waals surface area contributed by atoms with Gasteiger partial charge in [-0.1, -0.05) is 161 Å². The number of anilines is 3. The van der Waals surface area contributed by atoms with Crippen molar-refractivity contribution in [3.05, 3.63) is 209 Å². The first-order valence-electron chi connectivity index (χ1n) is 21.1. The number of para-hydroxylation sites is 2. The standard InChI is InChI=1S/C57H45NO/c1-55(2)32-33-56(3,4)54-40(24-16-28-47(54)55)43-34-42-39-22-10-14-27-46(39)57(44-25-12-8-20-37(44)38-21-9-13-26-45(38)57)48(42)35-50(43)58(36-18-6-5-7-19-36)49-29-17-31-52-53(49)41-23-11-15-30-51(41)59-52/h5-31,34-35H,32-33H2,1-4H3. The number of benzene rings is 8. The molecule has 8 aromatic carbocycles. The van der Waals surface area contributed by atoms with E-state index in [2.05, 4.69) is 209 Å². The third-order valence-corrected chi connectivity index (χ3v) is 14.1. The summed E-state index contributed by atoms with van der Waals surface area (Å²) in [4.78, 5) is 2.53. The lowest BCUT2D eigenvalue weighted by atomic mass is 9.61. The Bertz CT molecular complexity index is 3130. The first-order chi connectivity index (χ1) is 28.8. The van der Waals surface area contributed by atoms with E-state index in [1.165, 1.54) is 66.8 Å². The number of hydrogen-bond acceptors (Lipinski definition) is 2.